The summed E-state index contributed by atoms with van der Waals surface area (Å²) in [4.78, 5) is 27.2. The Morgan fingerprint density at radius 1 is 0.978 bits per heavy atom. The van der Waals surface area contributed by atoms with Crippen molar-refractivity contribution in [2.45, 2.75) is 71.1 Å². The number of aryl methyl sites for hydroxylation is 2. The van der Waals surface area contributed by atoms with E-state index in [9.17, 15) is 9.59 Å². The summed E-state index contributed by atoms with van der Waals surface area (Å²) in [5.41, 5.74) is 5.51. The third-order valence-corrected chi connectivity index (χ3v) is 8.75. The number of piperidine rings is 1. The number of Topliss-reactive ketones (excluding diaryl/α,β-unsaturated/α-hetero) is 1. The summed E-state index contributed by atoms with van der Waals surface area (Å²) in [5.74, 6) is 1.74. The van der Waals surface area contributed by atoms with Crippen molar-refractivity contribution in [3.05, 3.63) is 101 Å². The molecule has 0 radical (unpaired) electrons. The van der Waals surface area contributed by atoms with Crippen molar-refractivity contribution in [2.75, 3.05) is 30.8 Å². The van der Waals surface area contributed by atoms with Crippen LogP contribution in [0.1, 0.15) is 74.8 Å². The van der Waals surface area contributed by atoms with E-state index in [1.165, 1.54) is 5.56 Å². The molecule has 1 fully saturated rings. The number of ether oxygens (including phenoxy) is 1. The number of ketones is 1. The molecule has 46 heavy (non-hydrogen) atoms. The first kappa shape index (κ1) is 32.9. The van der Waals surface area contributed by atoms with E-state index < -0.39 is 0 Å². The van der Waals surface area contributed by atoms with Crippen LogP contribution in [-0.2, 0) is 16.6 Å². The number of benzene rings is 3. The van der Waals surface area contributed by atoms with Crippen molar-refractivity contribution in [1.82, 2.24) is 15.1 Å². The maximum Gasteiger partial charge on any atom is 0.324 e. The number of nitrogens with one attached hydrogen (secondary N) is 3. The summed E-state index contributed by atoms with van der Waals surface area (Å²) >= 11 is 0. The largest absolute Gasteiger partial charge is 0.497 e. The number of carbonyl (C=O) groups is 2. The summed E-state index contributed by atoms with van der Waals surface area (Å²) < 4.78 is 7.04. The molecular formula is C38H47N5O3. The molecule has 3 N–H and O–H groups in total. The quantitative estimate of drug-likeness (QED) is 0.159. The number of hydrogen-bond donors (Lipinski definition) is 3. The monoisotopic (exact) mass is 621 g/mol. The lowest BCUT2D eigenvalue weighted by Crippen LogP contribution is -2.33. The Labute approximate surface area is 272 Å². The number of methoxy groups -OCH3 is 1. The average Bonchev–Trinajstić information content (AvgIpc) is 3.47. The van der Waals surface area contributed by atoms with Gasteiger partial charge in [-0.25, -0.2) is 9.48 Å². The number of nitrogens with zero attached hydrogens (tertiary/aromatic N) is 2. The van der Waals surface area contributed by atoms with Gasteiger partial charge in [0.05, 0.1) is 18.5 Å². The van der Waals surface area contributed by atoms with Gasteiger partial charge in [0.1, 0.15) is 17.4 Å². The zero-order valence-electron chi connectivity index (χ0n) is 27.7. The molecule has 2 amide bonds. The van der Waals surface area contributed by atoms with E-state index in [4.69, 9.17) is 9.84 Å². The molecule has 2 heterocycles. The summed E-state index contributed by atoms with van der Waals surface area (Å²) in [5, 5.41) is 14.3. The number of carbonyl (C=O) groups excluding carboxylic acids is 2. The first-order valence-electron chi connectivity index (χ1n) is 16.3. The van der Waals surface area contributed by atoms with Crippen LogP contribution in [0.3, 0.4) is 0 Å². The van der Waals surface area contributed by atoms with Crippen LogP contribution in [0.25, 0.3) is 5.69 Å². The summed E-state index contributed by atoms with van der Waals surface area (Å²) in [7, 11) is 1.66. The highest BCUT2D eigenvalue weighted by Crippen LogP contribution is 2.35. The number of hydrogen-bond acceptors (Lipinski definition) is 5. The maximum absolute atomic E-state index is 13.8. The van der Waals surface area contributed by atoms with Crippen LogP contribution in [0.2, 0.25) is 0 Å². The summed E-state index contributed by atoms with van der Waals surface area (Å²) in [6.07, 6.45) is 4.04. The second-order valence-corrected chi connectivity index (χ2v) is 13.3. The number of urea groups is 1. The SMILES string of the molecule is COc1ccc(CCCC(=O)C(c2cccc(NC(=O)Nc3cc(C(C)(C)C)nn3-c3ccc(C)cc3)c2)C2CCNCC2)cc1. The Morgan fingerprint density at radius 3 is 2.37 bits per heavy atom. The van der Waals surface area contributed by atoms with E-state index >= 15 is 0 Å². The molecule has 8 heteroatoms. The predicted octanol–water partition coefficient (Wildman–Crippen LogP) is 7.81. The minimum atomic E-state index is -0.366. The Kier molecular flexibility index (Phi) is 10.6. The van der Waals surface area contributed by atoms with Crippen LogP contribution >= 0.6 is 0 Å². The van der Waals surface area contributed by atoms with E-state index in [2.05, 4.69) is 48.9 Å². The molecule has 1 unspecified atom stereocenters. The van der Waals surface area contributed by atoms with Crippen LogP contribution < -0.4 is 20.7 Å². The van der Waals surface area contributed by atoms with Gasteiger partial charge in [-0.05, 0) is 99.1 Å². The fourth-order valence-corrected chi connectivity index (χ4v) is 6.12. The van der Waals surface area contributed by atoms with Gasteiger partial charge in [-0.1, -0.05) is 62.7 Å². The van der Waals surface area contributed by atoms with E-state index in [1.54, 1.807) is 11.8 Å². The number of rotatable bonds is 11. The molecule has 5 rings (SSSR count). The van der Waals surface area contributed by atoms with Crippen molar-refractivity contribution in [1.29, 1.82) is 0 Å². The van der Waals surface area contributed by atoms with Crippen molar-refractivity contribution in [3.8, 4) is 11.4 Å². The average molecular weight is 622 g/mol. The standard InChI is InChI=1S/C38H47N5O3/c1-26-12-16-31(17-13-26)43-35(25-34(42-43)38(2,3)4)41-37(45)40-30-10-7-9-29(24-30)36(28-20-22-39-23-21-28)33(44)11-6-8-27-14-18-32(46-5)19-15-27/h7,9-10,12-19,24-25,28,36,39H,6,8,11,20-23H2,1-5H3,(H2,40,41,45). The molecule has 242 valence electrons. The van der Waals surface area contributed by atoms with Crippen LogP contribution in [0, 0.1) is 12.8 Å². The second-order valence-electron chi connectivity index (χ2n) is 13.3. The summed E-state index contributed by atoms with van der Waals surface area (Å²) in [6.45, 7) is 10.2. The summed E-state index contributed by atoms with van der Waals surface area (Å²) in [6, 6.07) is 25.4. The Bertz CT molecular complexity index is 1610. The highest BCUT2D eigenvalue weighted by atomic mass is 16.5. The normalized spacial score (nSPS) is 14.5. The highest BCUT2D eigenvalue weighted by molar-refractivity contribution is 5.99. The van der Waals surface area contributed by atoms with Crippen molar-refractivity contribution >= 4 is 23.3 Å². The Morgan fingerprint density at radius 2 is 1.70 bits per heavy atom. The molecule has 1 aliphatic rings. The van der Waals surface area contributed by atoms with Gasteiger partial charge in [0, 0.05) is 29.5 Å². The highest BCUT2D eigenvalue weighted by Gasteiger charge is 2.31. The lowest BCUT2D eigenvalue weighted by Gasteiger charge is -2.30. The maximum atomic E-state index is 13.8. The van der Waals surface area contributed by atoms with Crippen LogP contribution in [0.15, 0.2) is 78.9 Å². The van der Waals surface area contributed by atoms with Crippen molar-refractivity contribution < 1.29 is 14.3 Å². The fraction of sp³-hybridized carbons (Fsp3) is 0.395. The van der Waals surface area contributed by atoms with Crippen LogP contribution in [0.5, 0.6) is 5.75 Å². The topological polar surface area (TPSA) is 97.3 Å². The van der Waals surface area contributed by atoms with Crippen molar-refractivity contribution in [3.63, 3.8) is 0 Å². The van der Waals surface area contributed by atoms with Gasteiger partial charge in [0.2, 0.25) is 0 Å². The van der Waals surface area contributed by atoms with Gasteiger partial charge in [-0.3, -0.25) is 10.1 Å². The fourth-order valence-electron chi connectivity index (χ4n) is 6.12. The molecule has 1 aliphatic heterocycles. The smallest absolute Gasteiger partial charge is 0.324 e. The molecule has 0 saturated carbocycles. The van der Waals surface area contributed by atoms with E-state index in [1.807, 2.05) is 73.7 Å². The first-order valence-corrected chi connectivity index (χ1v) is 16.3. The van der Waals surface area contributed by atoms with Gasteiger partial charge in [0.15, 0.2) is 0 Å². The third-order valence-electron chi connectivity index (χ3n) is 8.75. The minimum Gasteiger partial charge on any atom is -0.497 e. The predicted molar refractivity (Wildman–Crippen MR) is 185 cm³/mol. The molecule has 0 spiro atoms. The van der Waals surface area contributed by atoms with Gasteiger partial charge in [0.25, 0.3) is 0 Å². The number of amides is 2. The van der Waals surface area contributed by atoms with Crippen LogP contribution in [0.4, 0.5) is 16.3 Å². The van der Waals surface area contributed by atoms with Gasteiger partial charge < -0.3 is 15.4 Å². The zero-order valence-corrected chi connectivity index (χ0v) is 27.7. The molecule has 3 aromatic carbocycles. The second kappa shape index (κ2) is 14.8. The molecule has 0 aliphatic carbocycles. The first-order chi connectivity index (χ1) is 22.1. The molecule has 8 nitrogen and oxygen atoms in total. The zero-order chi connectivity index (χ0) is 32.7. The van der Waals surface area contributed by atoms with Gasteiger partial charge in [-0.15, -0.1) is 0 Å². The molecule has 4 aromatic rings. The number of aromatic nitrogens is 2. The van der Waals surface area contributed by atoms with Crippen molar-refractivity contribution in [2.24, 2.45) is 5.92 Å². The lowest BCUT2D eigenvalue weighted by molar-refractivity contribution is -0.122. The van der Waals surface area contributed by atoms with Gasteiger partial charge >= 0.3 is 6.03 Å². The Hall–Kier alpha value is -4.43. The lowest BCUT2D eigenvalue weighted by atomic mass is 9.76. The van der Waals surface area contributed by atoms with E-state index in [0.717, 1.165) is 67.0 Å². The molecule has 1 saturated heterocycles. The van der Waals surface area contributed by atoms with E-state index in [0.29, 0.717) is 17.9 Å². The molecule has 0 bridgehead atoms. The molecule has 1 atom stereocenters. The minimum absolute atomic E-state index is 0.192. The third kappa shape index (κ3) is 8.43. The van der Waals surface area contributed by atoms with E-state index in [-0.39, 0.29) is 29.1 Å². The number of anilines is 2. The Balaban J connectivity index is 1.30. The molecule has 1 aromatic heterocycles. The molecular weight excluding hydrogens is 574 g/mol. The van der Waals surface area contributed by atoms with Crippen LogP contribution in [-0.4, -0.2) is 41.8 Å². The van der Waals surface area contributed by atoms with Gasteiger partial charge in [-0.2, -0.15) is 5.10 Å².